The maximum Gasteiger partial charge on any atom is 0.411 e. The predicted molar refractivity (Wildman–Crippen MR) is 74.2 cm³/mol. The van der Waals surface area contributed by atoms with E-state index in [9.17, 15) is 13.2 Å². The zero-order chi connectivity index (χ0) is 14.6. The predicted octanol–water partition coefficient (Wildman–Crippen LogP) is 5.13. The molecule has 0 saturated carbocycles. The van der Waals surface area contributed by atoms with E-state index in [0.717, 1.165) is 0 Å². The summed E-state index contributed by atoms with van der Waals surface area (Å²) >= 11 is 12.4. The molecule has 0 N–H and O–H groups in total. The number of ether oxygens (including phenoxy) is 2. The molecule has 1 unspecified atom stereocenters. The monoisotopic (exact) mass is 424 g/mol. The zero-order valence-electron chi connectivity index (χ0n) is 9.73. The summed E-state index contributed by atoms with van der Waals surface area (Å²) in [5, 5.41) is 0.447. The van der Waals surface area contributed by atoms with Gasteiger partial charge in [-0.15, -0.1) is 0 Å². The Morgan fingerprint density at radius 2 is 2.00 bits per heavy atom. The number of halogens is 6. The van der Waals surface area contributed by atoms with Crippen LogP contribution in [0.15, 0.2) is 16.6 Å². The van der Waals surface area contributed by atoms with Gasteiger partial charge < -0.3 is 9.47 Å². The molecule has 1 atom stereocenters. The van der Waals surface area contributed by atoms with Gasteiger partial charge in [0.2, 0.25) is 0 Å². The van der Waals surface area contributed by atoms with Crippen LogP contribution in [0.2, 0.25) is 5.02 Å². The summed E-state index contributed by atoms with van der Waals surface area (Å²) in [6, 6.07) is 3.25. The first-order valence-electron chi connectivity index (χ1n) is 5.06. The maximum atomic E-state index is 12.0. The van der Waals surface area contributed by atoms with Crippen molar-refractivity contribution >= 4 is 43.5 Å². The van der Waals surface area contributed by atoms with Gasteiger partial charge in [0.05, 0.1) is 23.0 Å². The molecule has 0 bridgehead atoms. The van der Waals surface area contributed by atoms with Crippen molar-refractivity contribution in [2.45, 2.75) is 11.0 Å². The summed E-state index contributed by atoms with van der Waals surface area (Å²) in [6.45, 7) is -1.44. The Morgan fingerprint density at radius 3 is 2.53 bits per heavy atom. The van der Waals surface area contributed by atoms with Crippen molar-refractivity contribution in [1.82, 2.24) is 0 Å². The Morgan fingerprint density at radius 1 is 1.37 bits per heavy atom. The van der Waals surface area contributed by atoms with Crippen molar-refractivity contribution in [2.24, 2.45) is 0 Å². The minimum absolute atomic E-state index is 0.150. The molecular formula is C11H10Br2ClF3O2. The maximum absolute atomic E-state index is 12.0. The van der Waals surface area contributed by atoms with Crippen LogP contribution in [-0.4, -0.2) is 26.5 Å². The van der Waals surface area contributed by atoms with Gasteiger partial charge in [-0.3, -0.25) is 0 Å². The number of benzene rings is 1. The largest absolute Gasteiger partial charge is 0.495 e. The van der Waals surface area contributed by atoms with Gasteiger partial charge in [-0.25, -0.2) is 0 Å². The van der Waals surface area contributed by atoms with E-state index in [-0.39, 0.29) is 6.61 Å². The molecule has 0 spiro atoms. The molecule has 19 heavy (non-hydrogen) atoms. The lowest BCUT2D eigenvalue weighted by molar-refractivity contribution is -0.173. The lowest BCUT2D eigenvalue weighted by Crippen LogP contribution is -2.18. The lowest BCUT2D eigenvalue weighted by atomic mass is 10.1. The van der Waals surface area contributed by atoms with Gasteiger partial charge in [0, 0.05) is 10.6 Å². The van der Waals surface area contributed by atoms with E-state index >= 15 is 0 Å². The first-order valence-corrected chi connectivity index (χ1v) is 7.14. The average Bonchev–Trinajstić information content (AvgIpc) is 2.26. The lowest BCUT2D eigenvalue weighted by Gasteiger charge is -2.17. The number of hydrogen-bond acceptors (Lipinski definition) is 2. The van der Waals surface area contributed by atoms with Crippen molar-refractivity contribution in [1.29, 1.82) is 0 Å². The summed E-state index contributed by atoms with van der Waals surface area (Å²) in [7, 11) is 1.47. The molecule has 0 amide bonds. The van der Waals surface area contributed by atoms with Crippen LogP contribution in [0, 0.1) is 0 Å². The van der Waals surface area contributed by atoms with Gasteiger partial charge in [-0.05, 0) is 28.1 Å². The molecule has 108 valence electrons. The number of rotatable bonds is 5. The first kappa shape index (κ1) is 17.1. The summed E-state index contributed by atoms with van der Waals surface area (Å²) in [4.78, 5) is -0.459. The molecular weight excluding hydrogens is 416 g/mol. The molecule has 1 rings (SSSR count). The molecule has 2 nitrogen and oxygen atoms in total. The molecule has 0 fully saturated rings. The van der Waals surface area contributed by atoms with E-state index in [1.54, 1.807) is 12.1 Å². The van der Waals surface area contributed by atoms with Crippen molar-refractivity contribution < 1.29 is 22.6 Å². The molecule has 0 aromatic heterocycles. The Hall–Kier alpha value is 0.0200. The van der Waals surface area contributed by atoms with Crippen molar-refractivity contribution in [3.63, 3.8) is 0 Å². The number of alkyl halides is 4. The zero-order valence-corrected chi connectivity index (χ0v) is 13.7. The van der Waals surface area contributed by atoms with E-state index in [0.29, 0.717) is 20.8 Å². The van der Waals surface area contributed by atoms with Crippen LogP contribution >= 0.6 is 43.5 Å². The summed E-state index contributed by atoms with van der Waals surface area (Å²) in [5.74, 6) is 0.502. The quantitative estimate of drug-likeness (QED) is 0.608. The van der Waals surface area contributed by atoms with Crippen molar-refractivity contribution in [2.75, 3.05) is 20.3 Å². The van der Waals surface area contributed by atoms with Gasteiger partial charge in [-0.1, -0.05) is 27.5 Å². The molecule has 0 heterocycles. The van der Waals surface area contributed by atoms with Gasteiger partial charge in [0.25, 0.3) is 0 Å². The van der Waals surface area contributed by atoms with Gasteiger partial charge in [0.15, 0.2) is 0 Å². The first-order chi connectivity index (χ1) is 8.74. The SMILES string of the molecule is COc1c(Br)cc(Cl)cc1C(Br)COCC(F)(F)F. The third-order valence-electron chi connectivity index (χ3n) is 2.11. The van der Waals surface area contributed by atoms with Gasteiger partial charge >= 0.3 is 6.18 Å². The highest BCUT2D eigenvalue weighted by Gasteiger charge is 2.28. The van der Waals surface area contributed by atoms with E-state index in [2.05, 4.69) is 36.6 Å². The third-order valence-corrected chi connectivity index (χ3v) is 3.67. The topological polar surface area (TPSA) is 18.5 Å². The molecule has 0 aliphatic carbocycles. The van der Waals surface area contributed by atoms with E-state index in [1.165, 1.54) is 7.11 Å². The van der Waals surface area contributed by atoms with Crippen LogP contribution in [0.3, 0.4) is 0 Å². The van der Waals surface area contributed by atoms with Gasteiger partial charge in [-0.2, -0.15) is 13.2 Å². The molecule has 0 radical (unpaired) electrons. The Kier molecular flexibility index (Phi) is 6.42. The van der Waals surface area contributed by atoms with Crippen molar-refractivity contribution in [3.8, 4) is 5.75 Å². The fourth-order valence-electron chi connectivity index (χ4n) is 1.40. The fourth-order valence-corrected chi connectivity index (χ4v) is 2.92. The molecule has 1 aromatic carbocycles. The molecule has 1 aromatic rings. The average molecular weight is 426 g/mol. The van der Waals surface area contributed by atoms with E-state index < -0.39 is 17.6 Å². The van der Waals surface area contributed by atoms with Crippen LogP contribution < -0.4 is 4.74 Å². The minimum atomic E-state index is -4.34. The normalized spacial score (nSPS) is 13.4. The number of methoxy groups -OCH3 is 1. The van der Waals surface area contributed by atoms with Crippen LogP contribution in [0.1, 0.15) is 10.4 Å². The highest BCUT2D eigenvalue weighted by molar-refractivity contribution is 9.10. The van der Waals surface area contributed by atoms with Gasteiger partial charge in [0.1, 0.15) is 12.4 Å². The van der Waals surface area contributed by atoms with Crippen LogP contribution in [0.5, 0.6) is 5.75 Å². The highest BCUT2D eigenvalue weighted by atomic mass is 79.9. The molecule has 0 aliphatic heterocycles. The Balaban J connectivity index is 2.79. The van der Waals surface area contributed by atoms with E-state index in [1.807, 2.05) is 0 Å². The minimum Gasteiger partial charge on any atom is -0.495 e. The Labute approximate surface area is 130 Å². The highest BCUT2D eigenvalue weighted by Crippen LogP contribution is 2.39. The second kappa shape index (κ2) is 7.15. The third kappa shape index (κ3) is 5.49. The molecule has 0 saturated heterocycles. The Bertz CT molecular complexity index is 441. The standard InChI is InChI=1S/C11H10Br2ClF3O2/c1-18-10-7(2-6(14)3-8(10)12)9(13)4-19-5-11(15,16)17/h2-3,9H,4-5H2,1H3. The van der Waals surface area contributed by atoms with Crippen LogP contribution in [-0.2, 0) is 4.74 Å². The molecule has 0 aliphatic rings. The van der Waals surface area contributed by atoms with E-state index in [4.69, 9.17) is 16.3 Å². The summed E-state index contributed by atoms with van der Waals surface area (Å²) in [6.07, 6.45) is -4.34. The summed E-state index contributed by atoms with van der Waals surface area (Å²) < 4.78 is 46.4. The smallest absolute Gasteiger partial charge is 0.411 e. The second-order valence-corrected chi connectivity index (χ2v) is 6.00. The number of hydrogen-bond donors (Lipinski definition) is 0. The van der Waals surface area contributed by atoms with Crippen molar-refractivity contribution in [3.05, 3.63) is 27.2 Å². The van der Waals surface area contributed by atoms with Crippen LogP contribution in [0.4, 0.5) is 13.2 Å². The second-order valence-electron chi connectivity index (χ2n) is 3.61. The molecule has 8 heteroatoms. The fraction of sp³-hybridized carbons (Fsp3) is 0.455. The van der Waals surface area contributed by atoms with Crippen LogP contribution in [0.25, 0.3) is 0 Å². The summed E-state index contributed by atoms with van der Waals surface area (Å²) in [5.41, 5.74) is 0.615.